The Bertz CT molecular complexity index is 1930. The number of fused-ring (bicyclic) bond motifs is 2. The van der Waals surface area contributed by atoms with E-state index in [2.05, 4.69) is 48.2 Å². The molecule has 0 aliphatic heterocycles. The molecule has 9 heteroatoms. The van der Waals surface area contributed by atoms with Crippen LogP contribution in [-0.2, 0) is 17.4 Å². The second-order valence-electron chi connectivity index (χ2n) is 10.3. The van der Waals surface area contributed by atoms with Gasteiger partial charge in [0.15, 0.2) is 0 Å². The zero-order valence-electron chi connectivity index (χ0n) is 35.9. The van der Waals surface area contributed by atoms with E-state index in [0.29, 0.717) is 28.5 Å². The van der Waals surface area contributed by atoms with E-state index in [1.54, 1.807) is 37.4 Å². The summed E-state index contributed by atoms with van der Waals surface area (Å²) in [6.07, 6.45) is 2.50. The molecule has 0 fully saturated rings. The Balaban J connectivity index is -0.000000751. The molecule has 0 radical (unpaired) electrons. The molecule has 304 valence electrons. The van der Waals surface area contributed by atoms with Crippen LogP contribution in [0.1, 0.15) is 95.9 Å². The van der Waals surface area contributed by atoms with Crippen LogP contribution in [0.4, 0.5) is 22.7 Å². The summed E-state index contributed by atoms with van der Waals surface area (Å²) in [5, 5.41) is 49.8. The monoisotopic (exact) mass is 802 g/mol. The van der Waals surface area contributed by atoms with Crippen molar-refractivity contribution in [3.8, 4) is 23.0 Å². The molecule has 0 aromatic heterocycles. The van der Waals surface area contributed by atoms with Crippen LogP contribution in [0.2, 0.25) is 0 Å². The number of azo groups is 2. The maximum Gasteiger partial charge on any atom is 0.146 e. The smallest absolute Gasteiger partial charge is 0.146 e. The van der Waals surface area contributed by atoms with Crippen molar-refractivity contribution in [2.45, 2.75) is 95.9 Å². The van der Waals surface area contributed by atoms with Gasteiger partial charge >= 0.3 is 0 Å². The maximum atomic E-state index is 10.0. The normalized spacial score (nSPS) is 9.23. The van der Waals surface area contributed by atoms with Crippen LogP contribution in [0.25, 0.3) is 21.5 Å². The van der Waals surface area contributed by atoms with Gasteiger partial charge in [-0.1, -0.05) is 181 Å². The summed E-state index contributed by atoms with van der Waals surface area (Å²) < 4.78 is 5.24. The van der Waals surface area contributed by atoms with Crippen LogP contribution in [0.15, 0.2) is 142 Å². The molecule has 56 heavy (non-hydrogen) atoms. The van der Waals surface area contributed by atoms with Gasteiger partial charge in [-0.05, 0) is 47.2 Å². The van der Waals surface area contributed by atoms with Gasteiger partial charge in [0.25, 0.3) is 0 Å². The van der Waals surface area contributed by atoms with Crippen LogP contribution in [0, 0.1) is 0 Å². The average Bonchev–Trinajstić information content (AvgIpc) is 3.24. The van der Waals surface area contributed by atoms with E-state index in [0.717, 1.165) is 21.5 Å². The van der Waals surface area contributed by atoms with E-state index in [1.165, 1.54) is 18.9 Å². The second kappa shape index (κ2) is 35.5. The molecule has 0 atom stereocenters. The summed E-state index contributed by atoms with van der Waals surface area (Å²) in [6.45, 7) is 24.5. The van der Waals surface area contributed by atoms with Crippen LogP contribution in [0.3, 0.4) is 0 Å². The van der Waals surface area contributed by atoms with Gasteiger partial charge in [-0.25, -0.2) is 0 Å². The van der Waals surface area contributed by atoms with Crippen LogP contribution in [-0.4, -0.2) is 22.4 Å². The van der Waals surface area contributed by atoms with Crippen molar-refractivity contribution in [1.29, 1.82) is 0 Å². The zero-order valence-corrected chi connectivity index (χ0v) is 37.2. The van der Waals surface area contributed by atoms with Crippen molar-refractivity contribution >= 4 is 44.3 Å². The van der Waals surface area contributed by atoms with E-state index in [9.17, 15) is 15.3 Å². The fourth-order valence-electron chi connectivity index (χ4n) is 4.17. The van der Waals surface area contributed by atoms with E-state index in [4.69, 9.17) is 4.74 Å². The number of hydrogen-bond acceptors (Lipinski definition) is 8. The van der Waals surface area contributed by atoms with Gasteiger partial charge in [-0.15, -0.1) is 20.5 Å². The maximum absolute atomic E-state index is 10.0. The predicted molar refractivity (Wildman–Crippen MR) is 238 cm³/mol. The minimum absolute atomic E-state index is 0. The molecule has 0 aliphatic rings. The fraction of sp³-hybridized carbons (Fsp3) is 0.319. The number of phenols is 3. The van der Waals surface area contributed by atoms with Crippen molar-refractivity contribution in [3.05, 3.63) is 121 Å². The fourth-order valence-corrected chi connectivity index (χ4v) is 4.17. The van der Waals surface area contributed by atoms with Gasteiger partial charge in [0.1, 0.15) is 45.7 Å². The average molecular weight is 803 g/mol. The summed E-state index contributed by atoms with van der Waals surface area (Å²) in [5.74, 6) is 0.854. The Hall–Kier alpha value is -5.23. The molecule has 6 rings (SSSR count). The molecule has 0 saturated carbocycles. The predicted octanol–water partition coefficient (Wildman–Crippen LogP) is 16.6. The summed E-state index contributed by atoms with van der Waals surface area (Å²) >= 11 is 0. The van der Waals surface area contributed by atoms with Gasteiger partial charge in [0.2, 0.25) is 0 Å². The largest absolute Gasteiger partial charge is 0.506 e. The first-order chi connectivity index (χ1) is 26.9. The summed E-state index contributed by atoms with van der Waals surface area (Å²) in [4.78, 5) is 0. The van der Waals surface area contributed by atoms with Crippen LogP contribution in [0.5, 0.6) is 23.0 Å². The molecular weight excluding hydrogens is 737 g/mol. The first kappa shape index (κ1) is 55.1. The van der Waals surface area contributed by atoms with Gasteiger partial charge in [-0.3, -0.25) is 0 Å². The molecule has 8 nitrogen and oxygen atoms in total. The van der Waals surface area contributed by atoms with Crippen molar-refractivity contribution in [2.24, 2.45) is 20.5 Å². The van der Waals surface area contributed by atoms with Crippen molar-refractivity contribution in [1.82, 2.24) is 0 Å². The third-order valence-electron chi connectivity index (χ3n) is 6.24. The van der Waals surface area contributed by atoms with E-state index >= 15 is 0 Å². The third kappa shape index (κ3) is 18.9. The Morgan fingerprint density at radius 2 is 0.750 bits per heavy atom. The summed E-state index contributed by atoms with van der Waals surface area (Å²) in [7, 11) is 1.59. The Morgan fingerprint density at radius 3 is 1.16 bits per heavy atom. The molecule has 6 aromatic carbocycles. The van der Waals surface area contributed by atoms with Crippen molar-refractivity contribution in [2.75, 3.05) is 7.11 Å². The quantitative estimate of drug-likeness (QED) is 0.150. The molecule has 0 heterocycles. The van der Waals surface area contributed by atoms with E-state index < -0.39 is 0 Å². The van der Waals surface area contributed by atoms with Crippen molar-refractivity contribution < 1.29 is 37.4 Å². The molecule has 0 bridgehead atoms. The van der Waals surface area contributed by atoms with Crippen LogP contribution >= 0.6 is 0 Å². The SMILES string of the molecule is CC.CC.CC.CC.CCC.CCC.COc1ccccc1N=Nc1c(O)ccc2ccccc12.Oc1ccccc1N=Nc1c(O)ccc2ccccc12.[Cr]. The van der Waals surface area contributed by atoms with Crippen LogP contribution < -0.4 is 4.74 Å². The van der Waals surface area contributed by atoms with Gasteiger partial charge < -0.3 is 20.1 Å². The molecular formula is C47H66CrN4O4. The number of rotatable bonds is 5. The molecule has 3 N–H and O–H groups in total. The number of phenolic OH excluding ortho intramolecular Hbond substituents is 3. The minimum Gasteiger partial charge on any atom is -0.506 e. The number of aromatic hydroxyl groups is 3. The minimum atomic E-state index is 0. The molecule has 0 aliphatic carbocycles. The Labute approximate surface area is 348 Å². The second-order valence-corrected chi connectivity index (χ2v) is 10.3. The van der Waals surface area contributed by atoms with Gasteiger partial charge in [0.05, 0.1) is 7.11 Å². The summed E-state index contributed by atoms with van der Waals surface area (Å²) in [6, 6.07) is 36.2. The number of ether oxygens (including phenoxy) is 1. The first-order valence-corrected chi connectivity index (χ1v) is 19.5. The third-order valence-corrected chi connectivity index (χ3v) is 6.24. The van der Waals surface area contributed by atoms with E-state index in [-0.39, 0.29) is 34.6 Å². The Morgan fingerprint density at radius 1 is 0.411 bits per heavy atom. The topological polar surface area (TPSA) is 119 Å². The van der Waals surface area contributed by atoms with Crippen molar-refractivity contribution in [3.63, 3.8) is 0 Å². The van der Waals surface area contributed by atoms with Gasteiger partial charge in [0, 0.05) is 28.1 Å². The molecule has 0 saturated heterocycles. The molecule has 0 unspecified atom stereocenters. The first-order valence-electron chi connectivity index (χ1n) is 19.5. The number of nitrogens with zero attached hydrogens (tertiary/aromatic N) is 4. The molecule has 6 aromatic rings. The number of benzene rings is 6. The standard InChI is InChI=1S/C17H14N2O2.C16H12N2O2.2C3H8.4C2H6.Cr/c1-21-16-9-5-4-8-14(16)18-19-17-13-7-3-2-6-12(13)10-11-15(17)20;19-14-8-4-3-7-13(14)17-18-16-12-6-2-1-5-11(12)9-10-15(16)20;2*1-3-2;4*1-2;/h2-11,20H,1H3;1-10,19-20H;2*3H2,1-2H3;4*1-2H3;. The number of hydrogen-bond donors (Lipinski definition) is 3. The molecule has 0 spiro atoms. The number of methoxy groups -OCH3 is 1. The number of para-hydroxylation sites is 2. The zero-order chi connectivity index (χ0) is 42.0. The Kier molecular flexibility index (Phi) is 34.9. The van der Waals surface area contributed by atoms with Gasteiger partial charge in [-0.2, -0.15) is 0 Å². The molecule has 0 amide bonds. The summed E-state index contributed by atoms with van der Waals surface area (Å²) in [5.41, 5.74) is 1.83. The van der Waals surface area contributed by atoms with E-state index in [1.807, 2.05) is 140 Å².